The van der Waals surface area contributed by atoms with Crippen LogP contribution in [0.3, 0.4) is 0 Å². The van der Waals surface area contributed by atoms with E-state index in [-0.39, 0.29) is 0 Å². The summed E-state index contributed by atoms with van der Waals surface area (Å²) in [5.41, 5.74) is -0.647. The molecule has 1 heterocycles. The van der Waals surface area contributed by atoms with Crippen molar-refractivity contribution in [2.45, 2.75) is 26.8 Å². The summed E-state index contributed by atoms with van der Waals surface area (Å²) in [7, 11) is 0. The molecule has 0 amide bonds. The van der Waals surface area contributed by atoms with Crippen molar-refractivity contribution in [2.24, 2.45) is 5.41 Å². The maximum atomic E-state index is 11.0. The first-order valence-electron chi connectivity index (χ1n) is 5.11. The number of carboxylic acid groups (broad SMARTS) is 1. The summed E-state index contributed by atoms with van der Waals surface area (Å²) < 4.78 is 0. The zero-order valence-corrected chi connectivity index (χ0v) is 9.21. The average molecular weight is 200 g/mol. The number of rotatable bonds is 3. The summed E-state index contributed by atoms with van der Waals surface area (Å²) >= 11 is 0. The summed E-state index contributed by atoms with van der Waals surface area (Å²) in [6, 6.07) is 0.433. The van der Waals surface area contributed by atoms with Crippen molar-refractivity contribution < 1.29 is 9.90 Å². The van der Waals surface area contributed by atoms with Crippen LogP contribution in [0.2, 0.25) is 0 Å². The van der Waals surface area contributed by atoms with Gasteiger partial charge in [0.1, 0.15) is 0 Å². The fourth-order valence-electron chi connectivity index (χ4n) is 1.69. The van der Waals surface area contributed by atoms with Gasteiger partial charge in [-0.3, -0.25) is 9.69 Å². The number of nitrogens with one attached hydrogen (secondary N) is 1. The Morgan fingerprint density at radius 2 is 2.29 bits per heavy atom. The van der Waals surface area contributed by atoms with E-state index in [4.69, 9.17) is 5.11 Å². The minimum atomic E-state index is -0.719. The van der Waals surface area contributed by atoms with Gasteiger partial charge in [-0.25, -0.2) is 0 Å². The van der Waals surface area contributed by atoms with E-state index in [9.17, 15) is 4.79 Å². The average Bonchev–Trinajstić information content (AvgIpc) is 2.08. The molecule has 82 valence electrons. The predicted molar refractivity (Wildman–Crippen MR) is 55.3 cm³/mol. The molecule has 0 radical (unpaired) electrons. The molecule has 2 N–H and O–H groups in total. The van der Waals surface area contributed by atoms with Crippen molar-refractivity contribution in [2.75, 3.05) is 26.2 Å². The first kappa shape index (κ1) is 11.5. The molecule has 0 aromatic carbocycles. The van der Waals surface area contributed by atoms with Gasteiger partial charge in [0.05, 0.1) is 5.41 Å². The van der Waals surface area contributed by atoms with Gasteiger partial charge in [-0.15, -0.1) is 0 Å². The highest BCUT2D eigenvalue weighted by atomic mass is 16.4. The predicted octanol–water partition coefficient (Wildman–Crippen LogP) is 0.391. The minimum absolute atomic E-state index is 0.433. The van der Waals surface area contributed by atoms with Gasteiger partial charge >= 0.3 is 5.97 Å². The molecule has 1 fully saturated rings. The zero-order valence-electron chi connectivity index (χ0n) is 9.21. The number of nitrogens with zero attached hydrogens (tertiary/aromatic N) is 1. The fourth-order valence-corrected chi connectivity index (χ4v) is 1.69. The first-order valence-corrected chi connectivity index (χ1v) is 5.11. The lowest BCUT2D eigenvalue weighted by Gasteiger charge is -2.37. The zero-order chi connectivity index (χ0) is 10.8. The lowest BCUT2D eigenvalue weighted by molar-refractivity contribution is -0.148. The third kappa shape index (κ3) is 2.69. The van der Waals surface area contributed by atoms with Crippen molar-refractivity contribution in [1.82, 2.24) is 10.2 Å². The molecule has 0 bridgehead atoms. The SMILES string of the molecule is C[C@@H]1CNCCN1CC(C)(C)C(=O)O. The number of aliphatic carboxylic acids is 1. The second kappa shape index (κ2) is 4.28. The maximum absolute atomic E-state index is 11.0. The van der Waals surface area contributed by atoms with Gasteiger partial charge in [0, 0.05) is 32.2 Å². The van der Waals surface area contributed by atoms with Crippen LogP contribution in [-0.2, 0) is 4.79 Å². The number of hydrogen-bond acceptors (Lipinski definition) is 3. The Kier molecular flexibility index (Phi) is 3.50. The molecule has 0 aromatic rings. The minimum Gasteiger partial charge on any atom is -0.481 e. The topological polar surface area (TPSA) is 52.6 Å². The van der Waals surface area contributed by atoms with Crippen molar-refractivity contribution in [3.8, 4) is 0 Å². The number of piperazine rings is 1. The highest BCUT2D eigenvalue weighted by Crippen LogP contribution is 2.19. The van der Waals surface area contributed by atoms with Crippen LogP contribution >= 0.6 is 0 Å². The quantitative estimate of drug-likeness (QED) is 0.692. The molecular weight excluding hydrogens is 180 g/mol. The summed E-state index contributed by atoms with van der Waals surface area (Å²) in [5.74, 6) is -0.719. The van der Waals surface area contributed by atoms with E-state index in [1.807, 2.05) is 0 Å². The number of hydrogen-bond donors (Lipinski definition) is 2. The van der Waals surface area contributed by atoms with Gasteiger partial charge < -0.3 is 10.4 Å². The molecule has 0 aliphatic carbocycles. The van der Waals surface area contributed by atoms with E-state index in [2.05, 4.69) is 17.1 Å². The maximum Gasteiger partial charge on any atom is 0.310 e. The smallest absolute Gasteiger partial charge is 0.310 e. The Hall–Kier alpha value is -0.610. The lowest BCUT2D eigenvalue weighted by Crippen LogP contribution is -2.53. The summed E-state index contributed by atoms with van der Waals surface area (Å²) in [5, 5.41) is 12.3. The molecule has 1 atom stereocenters. The molecule has 1 saturated heterocycles. The van der Waals surface area contributed by atoms with Gasteiger partial charge in [0.2, 0.25) is 0 Å². The van der Waals surface area contributed by atoms with Crippen molar-refractivity contribution >= 4 is 5.97 Å². The summed E-state index contributed by atoms with van der Waals surface area (Å²) in [6.45, 7) is 9.18. The van der Waals surface area contributed by atoms with Gasteiger partial charge in [-0.1, -0.05) is 0 Å². The van der Waals surface area contributed by atoms with Crippen LogP contribution in [0.5, 0.6) is 0 Å². The Labute approximate surface area is 85.3 Å². The molecule has 4 nitrogen and oxygen atoms in total. The lowest BCUT2D eigenvalue weighted by atomic mass is 9.92. The monoisotopic (exact) mass is 200 g/mol. The van der Waals surface area contributed by atoms with Crippen LogP contribution in [0.1, 0.15) is 20.8 Å². The molecule has 14 heavy (non-hydrogen) atoms. The van der Waals surface area contributed by atoms with Crippen LogP contribution in [0.15, 0.2) is 0 Å². The van der Waals surface area contributed by atoms with E-state index in [0.717, 1.165) is 19.6 Å². The van der Waals surface area contributed by atoms with Gasteiger partial charge in [-0.05, 0) is 20.8 Å². The van der Waals surface area contributed by atoms with Crippen LogP contribution in [0.25, 0.3) is 0 Å². The largest absolute Gasteiger partial charge is 0.481 e. The molecule has 4 heteroatoms. The standard InChI is InChI=1S/C10H20N2O2/c1-8-6-11-4-5-12(8)7-10(2,3)9(13)14/h8,11H,4-7H2,1-3H3,(H,13,14)/t8-/m1/s1. The Bertz CT molecular complexity index is 216. The molecule has 0 spiro atoms. The third-order valence-corrected chi connectivity index (χ3v) is 2.82. The molecule has 1 aliphatic heterocycles. The molecule has 1 aliphatic rings. The van der Waals surface area contributed by atoms with E-state index < -0.39 is 11.4 Å². The third-order valence-electron chi connectivity index (χ3n) is 2.82. The van der Waals surface area contributed by atoms with Crippen LogP contribution in [-0.4, -0.2) is 48.2 Å². The number of carbonyl (C=O) groups is 1. The Morgan fingerprint density at radius 1 is 1.64 bits per heavy atom. The van der Waals surface area contributed by atoms with E-state index in [1.165, 1.54) is 0 Å². The fraction of sp³-hybridized carbons (Fsp3) is 0.900. The van der Waals surface area contributed by atoms with Gasteiger partial charge in [-0.2, -0.15) is 0 Å². The van der Waals surface area contributed by atoms with Crippen LogP contribution in [0, 0.1) is 5.41 Å². The second-order valence-corrected chi connectivity index (χ2v) is 4.71. The summed E-state index contributed by atoms with van der Waals surface area (Å²) in [6.07, 6.45) is 0. The van der Waals surface area contributed by atoms with Crippen LogP contribution in [0.4, 0.5) is 0 Å². The summed E-state index contributed by atoms with van der Waals surface area (Å²) in [4.78, 5) is 13.2. The molecule has 0 unspecified atom stereocenters. The van der Waals surface area contributed by atoms with E-state index in [1.54, 1.807) is 13.8 Å². The van der Waals surface area contributed by atoms with Crippen molar-refractivity contribution in [3.05, 3.63) is 0 Å². The highest BCUT2D eigenvalue weighted by Gasteiger charge is 2.32. The molecule has 1 rings (SSSR count). The first-order chi connectivity index (χ1) is 6.43. The highest BCUT2D eigenvalue weighted by molar-refractivity contribution is 5.73. The molecule has 0 saturated carbocycles. The molecule has 0 aromatic heterocycles. The van der Waals surface area contributed by atoms with Crippen molar-refractivity contribution in [3.63, 3.8) is 0 Å². The van der Waals surface area contributed by atoms with Crippen LogP contribution < -0.4 is 5.32 Å². The Morgan fingerprint density at radius 3 is 2.79 bits per heavy atom. The normalized spacial score (nSPS) is 24.9. The Balaban J connectivity index is 2.53. The van der Waals surface area contributed by atoms with Crippen molar-refractivity contribution in [1.29, 1.82) is 0 Å². The van der Waals surface area contributed by atoms with Gasteiger partial charge in [0.25, 0.3) is 0 Å². The van der Waals surface area contributed by atoms with E-state index in [0.29, 0.717) is 12.6 Å². The number of carboxylic acids is 1. The van der Waals surface area contributed by atoms with E-state index >= 15 is 0 Å². The molecular formula is C10H20N2O2. The van der Waals surface area contributed by atoms with Gasteiger partial charge in [0.15, 0.2) is 0 Å². The second-order valence-electron chi connectivity index (χ2n) is 4.71.